The summed E-state index contributed by atoms with van der Waals surface area (Å²) in [4.78, 5) is 11.2. The third-order valence-electron chi connectivity index (χ3n) is 2.44. The molecule has 0 amide bonds. The van der Waals surface area contributed by atoms with Crippen LogP contribution in [0.4, 0.5) is 0 Å². The van der Waals surface area contributed by atoms with Gasteiger partial charge in [-0.2, -0.15) is 0 Å². The fourth-order valence-corrected chi connectivity index (χ4v) is 1.68. The quantitative estimate of drug-likeness (QED) is 0.773. The molecule has 1 saturated heterocycles. The van der Waals surface area contributed by atoms with E-state index in [-0.39, 0.29) is 5.97 Å². The van der Waals surface area contributed by atoms with E-state index in [9.17, 15) is 4.79 Å². The van der Waals surface area contributed by atoms with Crippen molar-refractivity contribution in [3.63, 3.8) is 0 Å². The highest BCUT2D eigenvalue weighted by atomic mass is 16.6. The minimum absolute atomic E-state index is 0.265. The Morgan fingerprint density at radius 2 is 2.44 bits per heavy atom. The lowest BCUT2D eigenvalue weighted by Gasteiger charge is -2.10. The van der Waals surface area contributed by atoms with E-state index in [1.807, 2.05) is 31.3 Å². The second-order valence-corrected chi connectivity index (χ2v) is 3.74. The van der Waals surface area contributed by atoms with Gasteiger partial charge in [0.15, 0.2) is 6.10 Å². The van der Waals surface area contributed by atoms with Gasteiger partial charge in [-0.05, 0) is 24.7 Å². The second-order valence-electron chi connectivity index (χ2n) is 3.74. The van der Waals surface area contributed by atoms with Crippen LogP contribution in [0.3, 0.4) is 0 Å². The third kappa shape index (κ3) is 2.52. The van der Waals surface area contributed by atoms with Crippen LogP contribution >= 0.6 is 0 Å². The lowest BCUT2D eigenvalue weighted by atomic mass is 10.2. The first-order chi connectivity index (χ1) is 7.79. The molecule has 1 aliphatic rings. The van der Waals surface area contributed by atoms with E-state index in [0.717, 1.165) is 17.9 Å². The van der Waals surface area contributed by atoms with Crippen molar-refractivity contribution in [3.8, 4) is 5.75 Å². The fourth-order valence-electron chi connectivity index (χ4n) is 1.68. The maximum Gasteiger partial charge on any atom is 0.347 e. The Hall–Kier alpha value is -1.55. The van der Waals surface area contributed by atoms with Crippen LogP contribution in [0.25, 0.3) is 0 Å². The Kier molecular flexibility index (Phi) is 3.41. The Bertz CT molecular complexity index is 378. The van der Waals surface area contributed by atoms with Crippen LogP contribution in [0, 0.1) is 0 Å². The summed E-state index contributed by atoms with van der Waals surface area (Å²) in [5, 5.41) is 3.07. The van der Waals surface area contributed by atoms with Crippen LogP contribution < -0.4 is 10.1 Å². The highest BCUT2D eigenvalue weighted by molar-refractivity contribution is 5.76. The summed E-state index contributed by atoms with van der Waals surface area (Å²) in [6.45, 7) is 1.24. The average molecular weight is 221 g/mol. The van der Waals surface area contributed by atoms with E-state index in [0.29, 0.717) is 13.0 Å². The molecule has 0 aliphatic carbocycles. The lowest BCUT2D eigenvalue weighted by Crippen LogP contribution is -2.21. The van der Waals surface area contributed by atoms with Crippen molar-refractivity contribution in [2.75, 3.05) is 13.7 Å². The zero-order valence-electron chi connectivity index (χ0n) is 9.23. The predicted molar refractivity (Wildman–Crippen MR) is 59.2 cm³/mol. The van der Waals surface area contributed by atoms with E-state index >= 15 is 0 Å². The molecule has 0 saturated carbocycles. The predicted octanol–water partition coefficient (Wildman–Crippen LogP) is 1.10. The highest BCUT2D eigenvalue weighted by Gasteiger charge is 2.28. The van der Waals surface area contributed by atoms with Gasteiger partial charge in [-0.15, -0.1) is 0 Å². The summed E-state index contributed by atoms with van der Waals surface area (Å²) in [6, 6.07) is 7.71. The van der Waals surface area contributed by atoms with Gasteiger partial charge < -0.3 is 14.8 Å². The third-order valence-corrected chi connectivity index (χ3v) is 2.44. The van der Waals surface area contributed by atoms with Crippen molar-refractivity contribution in [2.45, 2.75) is 19.1 Å². The van der Waals surface area contributed by atoms with E-state index in [4.69, 9.17) is 9.47 Å². The van der Waals surface area contributed by atoms with Gasteiger partial charge in [-0.1, -0.05) is 12.1 Å². The number of hydrogen-bond acceptors (Lipinski definition) is 4. The number of benzene rings is 1. The van der Waals surface area contributed by atoms with Gasteiger partial charge in [0.25, 0.3) is 0 Å². The molecule has 2 rings (SSSR count). The Morgan fingerprint density at radius 3 is 3.12 bits per heavy atom. The molecule has 86 valence electrons. The van der Waals surface area contributed by atoms with Crippen LogP contribution in [-0.4, -0.2) is 25.7 Å². The van der Waals surface area contributed by atoms with Gasteiger partial charge >= 0.3 is 5.97 Å². The standard InChI is InChI=1S/C12H15NO3/c1-13-8-9-3-2-4-10(7-9)16-11-5-6-15-12(11)14/h2-4,7,11,13H,5-6,8H2,1H3. The maximum atomic E-state index is 11.2. The van der Waals surface area contributed by atoms with E-state index < -0.39 is 6.10 Å². The molecule has 1 aromatic carbocycles. The van der Waals surface area contributed by atoms with E-state index in [1.54, 1.807) is 0 Å². The fraction of sp³-hybridized carbons (Fsp3) is 0.417. The minimum Gasteiger partial charge on any atom is -0.479 e. The number of carbonyl (C=O) groups excluding carboxylic acids is 1. The molecular weight excluding hydrogens is 206 g/mol. The summed E-state index contributed by atoms with van der Waals surface area (Å²) in [7, 11) is 1.89. The van der Waals surface area contributed by atoms with E-state index in [2.05, 4.69) is 5.32 Å². The SMILES string of the molecule is CNCc1cccc(OC2CCOC2=O)c1. The van der Waals surface area contributed by atoms with Crippen molar-refractivity contribution in [3.05, 3.63) is 29.8 Å². The maximum absolute atomic E-state index is 11.2. The van der Waals surface area contributed by atoms with Gasteiger partial charge in [0.2, 0.25) is 0 Å². The van der Waals surface area contributed by atoms with Crippen molar-refractivity contribution < 1.29 is 14.3 Å². The average Bonchev–Trinajstić information content (AvgIpc) is 2.66. The van der Waals surface area contributed by atoms with Gasteiger partial charge in [-0.25, -0.2) is 4.79 Å². The smallest absolute Gasteiger partial charge is 0.347 e. The molecule has 1 heterocycles. The van der Waals surface area contributed by atoms with Crippen LogP contribution in [0.2, 0.25) is 0 Å². The molecule has 0 radical (unpaired) electrons. The molecule has 1 fully saturated rings. The summed E-state index contributed by atoms with van der Waals surface area (Å²) in [6.07, 6.45) is 0.194. The molecule has 4 nitrogen and oxygen atoms in total. The van der Waals surface area contributed by atoms with Crippen LogP contribution in [0.1, 0.15) is 12.0 Å². The summed E-state index contributed by atoms with van der Waals surface area (Å²) in [5.41, 5.74) is 1.13. The first-order valence-corrected chi connectivity index (χ1v) is 5.36. The van der Waals surface area contributed by atoms with Gasteiger partial charge in [0.1, 0.15) is 5.75 Å². The van der Waals surface area contributed by atoms with Gasteiger partial charge in [0, 0.05) is 13.0 Å². The minimum atomic E-state index is -0.440. The first kappa shape index (κ1) is 11.0. The molecule has 1 atom stereocenters. The summed E-state index contributed by atoms with van der Waals surface area (Å²) < 4.78 is 10.4. The van der Waals surface area contributed by atoms with Gasteiger partial charge in [-0.3, -0.25) is 0 Å². The Balaban J connectivity index is 2.03. The van der Waals surface area contributed by atoms with Crippen molar-refractivity contribution in [2.24, 2.45) is 0 Å². The molecule has 16 heavy (non-hydrogen) atoms. The summed E-state index contributed by atoms with van der Waals surface area (Å²) >= 11 is 0. The zero-order chi connectivity index (χ0) is 11.4. The largest absolute Gasteiger partial charge is 0.479 e. The van der Waals surface area contributed by atoms with Crippen LogP contribution in [-0.2, 0) is 16.1 Å². The molecule has 4 heteroatoms. The number of nitrogens with one attached hydrogen (secondary N) is 1. The molecule has 0 spiro atoms. The molecule has 0 aromatic heterocycles. The molecule has 1 aromatic rings. The molecule has 1 aliphatic heterocycles. The Labute approximate surface area is 94.6 Å². The van der Waals surface area contributed by atoms with Crippen molar-refractivity contribution in [1.29, 1.82) is 0 Å². The number of rotatable bonds is 4. The molecule has 1 N–H and O–H groups in total. The van der Waals surface area contributed by atoms with Crippen LogP contribution in [0.5, 0.6) is 5.75 Å². The van der Waals surface area contributed by atoms with Gasteiger partial charge in [0.05, 0.1) is 6.61 Å². The highest BCUT2D eigenvalue weighted by Crippen LogP contribution is 2.18. The zero-order valence-corrected chi connectivity index (χ0v) is 9.23. The normalized spacial score (nSPS) is 19.6. The number of esters is 1. The topological polar surface area (TPSA) is 47.6 Å². The van der Waals surface area contributed by atoms with Crippen molar-refractivity contribution in [1.82, 2.24) is 5.32 Å². The van der Waals surface area contributed by atoms with E-state index in [1.165, 1.54) is 0 Å². The van der Waals surface area contributed by atoms with Crippen molar-refractivity contribution >= 4 is 5.97 Å². The second kappa shape index (κ2) is 4.99. The number of cyclic esters (lactones) is 1. The molecular formula is C12H15NO3. The number of carbonyl (C=O) groups is 1. The monoisotopic (exact) mass is 221 g/mol. The number of ether oxygens (including phenoxy) is 2. The number of hydrogen-bond donors (Lipinski definition) is 1. The first-order valence-electron chi connectivity index (χ1n) is 5.36. The molecule has 1 unspecified atom stereocenters. The Morgan fingerprint density at radius 1 is 1.56 bits per heavy atom. The summed E-state index contributed by atoms with van der Waals surface area (Å²) in [5.74, 6) is 0.454. The van der Waals surface area contributed by atoms with Crippen LogP contribution in [0.15, 0.2) is 24.3 Å². The molecule has 0 bridgehead atoms. The lowest BCUT2D eigenvalue weighted by molar-refractivity contribution is -0.143.